The maximum absolute atomic E-state index is 8.84. The van der Waals surface area contributed by atoms with Crippen molar-refractivity contribution in [3.63, 3.8) is 0 Å². The molecule has 6 nitrogen and oxygen atoms in total. The Morgan fingerprint density at radius 2 is 2.12 bits per heavy atom. The van der Waals surface area contributed by atoms with Gasteiger partial charge in [-0.25, -0.2) is 0 Å². The van der Waals surface area contributed by atoms with Crippen LogP contribution < -0.4 is 9.47 Å². The summed E-state index contributed by atoms with van der Waals surface area (Å²) in [5.41, 5.74) is 0. The summed E-state index contributed by atoms with van der Waals surface area (Å²) in [5, 5.41) is 12.6. The lowest BCUT2D eigenvalue weighted by Crippen LogP contribution is -2.22. The topological polar surface area (TPSA) is 77.6 Å². The van der Waals surface area contributed by atoms with Gasteiger partial charge in [0.15, 0.2) is 17.6 Å². The lowest BCUT2D eigenvalue weighted by atomic mass is 10.2. The van der Waals surface area contributed by atoms with Crippen LogP contribution in [0.3, 0.4) is 0 Å². The van der Waals surface area contributed by atoms with Crippen LogP contribution in [0.2, 0.25) is 0 Å². The Kier molecular flexibility index (Phi) is 2.41. The molecule has 1 unspecified atom stereocenters. The predicted octanol–water partition coefficient (Wildman–Crippen LogP) is 1.07. The number of hydrogen-bond donors (Lipinski definition) is 1. The van der Waals surface area contributed by atoms with Gasteiger partial charge in [0.25, 0.3) is 5.89 Å². The van der Waals surface area contributed by atoms with E-state index in [9.17, 15) is 0 Å². The van der Waals surface area contributed by atoms with E-state index in [2.05, 4.69) is 10.1 Å². The zero-order valence-electron chi connectivity index (χ0n) is 8.87. The summed E-state index contributed by atoms with van der Waals surface area (Å²) in [4.78, 5) is 3.99. The first-order valence-corrected chi connectivity index (χ1v) is 5.18. The fourth-order valence-corrected chi connectivity index (χ4v) is 1.61. The van der Waals surface area contributed by atoms with Gasteiger partial charge in [-0.1, -0.05) is 17.3 Å². The van der Waals surface area contributed by atoms with Crippen LogP contribution in [0.15, 0.2) is 28.8 Å². The van der Waals surface area contributed by atoms with Crippen LogP contribution in [0.4, 0.5) is 0 Å². The normalized spacial score (nSPS) is 18.1. The molecular formula is C11H10N2O4. The van der Waals surface area contributed by atoms with E-state index in [4.69, 9.17) is 19.1 Å². The van der Waals surface area contributed by atoms with Gasteiger partial charge in [-0.2, -0.15) is 4.98 Å². The van der Waals surface area contributed by atoms with Crippen LogP contribution in [-0.2, 0) is 6.61 Å². The highest BCUT2D eigenvalue weighted by Crippen LogP contribution is 2.34. The third-order valence-corrected chi connectivity index (χ3v) is 2.42. The van der Waals surface area contributed by atoms with Gasteiger partial charge in [-0.05, 0) is 12.1 Å². The number of aliphatic hydroxyl groups is 1. The van der Waals surface area contributed by atoms with E-state index in [1.165, 1.54) is 0 Å². The number of aliphatic hydroxyl groups excluding tert-OH is 1. The van der Waals surface area contributed by atoms with Gasteiger partial charge in [0.05, 0.1) is 0 Å². The molecule has 0 bridgehead atoms. The maximum Gasteiger partial charge on any atom is 0.252 e. The number of para-hydroxylation sites is 2. The molecule has 1 N–H and O–H groups in total. The molecule has 2 aromatic rings. The van der Waals surface area contributed by atoms with Crippen molar-refractivity contribution in [2.24, 2.45) is 0 Å². The number of hydrogen-bond acceptors (Lipinski definition) is 6. The molecule has 17 heavy (non-hydrogen) atoms. The first-order chi connectivity index (χ1) is 8.36. The predicted molar refractivity (Wildman–Crippen MR) is 55.5 cm³/mol. The molecule has 1 atom stereocenters. The summed E-state index contributed by atoms with van der Waals surface area (Å²) in [7, 11) is 0. The number of ether oxygens (including phenoxy) is 2. The summed E-state index contributed by atoms with van der Waals surface area (Å²) in [6.07, 6.45) is -0.408. The molecule has 0 spiro atoms. The molecule has 0 radical (unpaired) electrons. The van der Waals surface area contributed by atoms with E-state index in [1.807, 2.05) is 24.3 Å². The SMILES string of the molecule is OCc1nc(C2COc3ccccc3O2)no1. The Morgan fingerprint density at radius 1 is 1.29 bits per heavy atom. The number of fused-ring (bicyclic) bond motifs is 1. The smallest absolute Gasteiger partial charge is 0.252 e. The van der Waals surface area contributed by atoms with E-state index in [0.717, 1.165) is 0 Å². The Labute approximate surface area is 96.8 Å². The van der Waals surface area contributed by atoms with Crippen molar-refractivity contribution >= 4 is 0 Å². The van der Waals surface area contributed by atoms with Crippen LogP contribution in [0.1, 0.15) is 17.8 Å². The highest BCUT2D eigenvalue weighted by Gasteiger charge is 2.26. The molecule has 0 aliphatic carbocycles. The molecule has 3 rings (SSSR count). The van der Waals surface area contributed by atoms with Gasteiger partial charge in [0.1, 0.15) is 13.2 Å². The average Bonchev–Trinajstić information content (AvgIpc) is 2.87. The molecule has 2 heterocycles. The minimum Gasteiger partial charge on any atom is -0.485 e. The molecule has 1 aromatic heterocycles. The largest absolute Gasteiger partial charge is 0.485 e. The minimum atomic E-state index is -0.408. The molecule has 88 valence electrons. The second-order valence-electron chi connectivity index (χ2n) is 3.57. The second kappa shape index (κ2) is 4.06. The lowest BCUT2D eigenvalue weighted by molar-refractivity contribution is 0.0832. The van der Waals surface area contributed by atoms with Crippen LogP contribution in [-0.4, -0.2) is 21.9 Å². The molecule has 1 aromatic carbocycles. The number of aromatic nitrogens is 2. The standard InChI is InChI=1S/C11H10N2O4/c14-5-10-12-11(13-17-10)9-6-15-7-3-1-2-4-8(7)16-9/h1-4,9,14H,5-6H2. The van der Waals surface area contributed by atoms with E-state index in [1.54, 1.807) is 0 Å². The van der Waals surface area contributed by atoms with E-state index >= 15 is 0 Å². The zero-order chi connectivity index (χ0) is 11.7. The van der Waals surface area contributed by atoms with Gasteiger partial charge < -0.3 is 19.1 Å². The summed E-state index contributed by atoms with van der Waals surface area (Å²) >= 11 is 0. The number of nitrogens with zero attached hydrogens (tertiary/aromatic N) is 2. The summed E-state index contributed by atoms with van der Waals surface area (Å²) < 4.78 is 16.0. The van der Waals surface area contributed by atoms with Gasteiger partial charge in [0, 0.05) is 0 Å². The quantitative estimate of drug-likeness (QED) is 0.837. The minimum absolute atomic E-state index is 0.169. The van der Waals surface area contributed by atoms with Crippen LogP contribution in [0.25, 0.3) is 0 Å². The van der Waals surface area contributed by atoms with E-state index in [-0.39, 0.29) is 12.5 Å². The summed E-state index contributed by atoms with van der Waals surface area (Å²) in [5.74, 6) is 1.90. The zero-order valence-corrected chi connectivity index (χ0v) is 8.87. The monoisotopic (exact) mass is 234 g/mol. The van der Waals surface area contributed by atoms with Crippen molar-refractivity contribution in [2.45, 2.75) is 12.7 Å². The van der Waals surface area contributed by atoms with Gasteiger partial charge in [-0.3, -0.25) is 0 Å². The molecular weight excluding hydrogens is 224 g/mol. The molecule has 1 aliphatic rings. The Bertz CT molecular complexity index is 526. The average molecular weight is 234 g/mol. The van der Waals surface area contributed by atoms with Crippen molar-refractivity contribution in [1.29, 1.82) is 0 Å². The van der Waals surface area contributed by atoms with Crippen LogP contribution >= 0.6 is 0 Å². The third kappa shape index (κ3) is 1.83. The second-order valence-corrected chi connectivity index (χ2v) is 3.57. The highest BCUT2D eigenvalue weighted by molar-refractivity contribution is 5.40. The van der Waals surface area contributed by atoms with Gasteiger partial charge in [-0.15, -0.1) is 0 Å². The van der Waals surface area contributed by atoms with Gasteiger partial charge in [0.2, 0.25) is 5.82 Å². The molecule has 0 saturated heterocycles. The van der Waals surface area contributed by atoms with Crippen molar-refractivity contribution < 1.29 is 19.1 Å². The Hall–Kier alpha value is -2.08. The van der Waals surface area contributed by atoms with Gasteiger partial charge >= 0.3 is 0 Å². The first kappa shape index (κ1) is 10.1. The molecule has 0 fully saturated rings. The van der Waals surface area contributed by atoms with E-state index in [0.29, 0.717) is 23.9 Å². The number of benzene rings is 1. The van der Waals surface area contributed by atoms with Crippen molar-refractivity contribution in [3.8, 4) is 11.5 Å². The van der Waals surface area contributed by atoms with Crippen molar-refractivity contribution in [1.82, 2.24) is 10.1 Å². The first-order valence-electron chi connectivity index (χ1n) is 5.18. The van der Waals surface area contributed by atoms with Crippen LogP contribution in [0, 0.1) is 0 Å². The molecule has 0 saturated carbocycles. The van der Waals surface area contributed by atoms with Crippen LogP contribution in [0.5, 0.6) is 11.5 Å². The molecule has 0 amide bonds. The summed E-state index contributed by atoms with van der Waals surface area (Å²) in [6, 6.07) is 7.39. The molecule has 1 aliphatic heterocycles. The number of rotatable bonds is 2. The molecule has 6 heteroatoms. The van der Waals surface area contributed by atoms with E-state index < -0.39 is 6.10 Å². The fourth-order valence-electron chi connectivity index (χ4n) is 1.61. The maximum atomic E-state index is 8.84. The lowest BCUT2D eigenvalue weighted by Gasteiger charge is -2.24. The van der Waals surface area contributed by atoms with Crippen molar-refractivity contribution in [3.05, 3.63) is 36.0 Å². The summed E-state index contributed by atoms with van der Waals surface area (Å²) in [6.45, 7) is 0.0403. The third-order valence-electron chi connectivity index (χ3n) is 2.42. The van der Waals surface area contributed by atoms with Crippen molar-refractivity contribution in [2.75, 3.05) is 6.61 Å². The Balaban J connectivity index is 1.84. The Morgan fingerprint density at radius 3 is 2.88 bits per heavy atom. The highest BCUT2D eigenvalue weighted by atomic mass is 16.6. The fraction of sp³-hybridized carbons (Fsp3) is 0.273.